The highest BCUT2D eigenvalue weighted by molar-refractivity contribution is 5.64. The molecule has 6 nitrogen and oxygen atoms in total. The lowest BCUT2D eigenvalue weighted by Gasteiger charge is -2.15. The molecule has 1 rings (SSSR count). The molecular weight excluding hydrogens is 265 g/mol. The molecule has 0 aliphatic heterocycles. The molecule has 19 heavy (non-hydrogen) atoms. The Morgan fingerprint density at radius 2 is 2.05 bits per heavy atom. The van der Waals surface area contributed by atoms with Crippen LogP contribution in [0, 0.1) is 0 Å². The summed E-state index contributed by atoms with van der Waals surface area (Å²) < 4.78 is 41.5. The largest absolute Gasteiger partial charge is 0.445 e. The number of carbonyl (C=O) groups is 1. The predicted octanol–water partition coefficient (Wildman–Crippen LogP) is 1.78. The van der Waals surface area contributed by atoms with Gasteiger partial charge in [0.1, 0.15) is 6.10 Å². The number of ether oxygens (including phenoxy) is 1. The van der Waals surface area contributed by atoms with Gasteiger partial charge in [0, 0.05) is 12.4 Å². The van der Waals surface area contributed by atoms with Crippen LogP contribution >= 0.6 is 0 Å². The van der Waals surface area contributed by atoms with Crippen molar-refractivity contribution in [3.05, 3.63) is 18.0 Å². The molecule has 1 heterocycles. The van der Waals surface area contributed by atoms with Gasteiger partial charge in [-0.1, -0.05) is 6.92 Å². The van der Waals surface area contributed by atoms with Gasteiger partial charge < -0.3 is 15.8 Å². The number of nitrogens with one attached hydrogen (secondary N) is 1. The van der Waals surface area contributed by atoms with Gasteiger partial charge in [-0.15, -0.1) is 0 Å². The van der Waals surface area contributed by atoms with E-state index in [2.05, 4.69) is 15.3 Å². The van der Waals surface area contributed by atoms with E-state index in [1.807, 2.05) is 0 Å². The van der Waals surface area contributed by atoms with Crippen LogP contribution in [0.3, 0.4) is 0 Å². The van der Waals surface area contributed by atoms with E-state index in [1.54, 1.807) is 6.92 Å². The summed E-state index contributed by atoms with van der Waals surface area (Å²) in [5.74, 6) is 0.0134. The number of nitrogens with two attached hydrogens (primary N) is 1. The summed E-state index contributed by atoms with van der Waals surface area (Å²) in [6, 6.07) is 0. The van der Waals surface area contributed by atoms with Gasteiger partial charge in [-0.3, -0.25) is 0 Å². The maximum Gasteiger partial charge on any atom is 0.419 e. The first-order valence-corrected chi connectivity index (χ1v) is 5.42. The van der Waals surface area contributed by atoms with Crippen molar-refractivity contribution in [2.75, 3.05) is 11.9 Å². The van der Waals surface area contributed by atoms with Gasteiger partial charge >= 0.3 is 12.3 Å². The number of anilines is 1. The number of aromatic nitrogens is 2. The highest BCUT2D eigenvalue weighted by atomic mass is 19.4. The van der Waals surface area contributed by atoms with Crippen LogP contribution in [-0.2, 0) is 10.9 Å². The van der Waals surface area contributed by atoms with Crippen molar-refractivity contribution >= 4 is 12.0 Å². The Hall–Kier alpha value is -2.06. The van der Waals surface area contributed by atoms with Crippen molar-refractivity contribution in [2.24, 2.45) is 5.73 Å². The Bertz CT molecular complexity index is 422. The average Bonchev–Trinajstić information content (AvgIpc) is 2.33. The van der Waals surface area contributed by atoms with Gasteiger partial charge in [-0.2, -0.15) is 13.2 Å². The van der Waals surface area contributed by atoms with Crippen LogP contribution in [0.25, 0.3) is 0 Å². The fraction of sp³-hybridized carbons (Fsp3) is 0.500. The van der Waals surface area contributed by atoms with Crippen LogP contribution in [0.15, 0.2) is 12.4 Å². The molecule has 0 spiro atoms. The van der Waals surface area contributed by atoms with Crippen molar-refractivity contribution in [3.8, 4) is 0 Å². The van der Waals surface area contributed by atoms with E-state index in [-0.39, 0.29) is 12.5 Å². The molecule has 1 aromatic heterocycles. The molecular formula is C10H13F3N4O2. The summed E-state index contributed by atoms with van der Waals surface area (Å²) in [7, 11) is 0. The summed E-state index contributed by atoms with van der Waals surface area (Å²) in [5, 5.41) is 2.66. The summed E-state index contributed by atoms with van der Waals surface area (Å²) in [4.78, 5) is 17.6. The summed E-state index contributed by atoms with van der Waals surface area (Å²) in [6.07, 6.45) is -4.04. The summed E-state index contributed by atoms with van der Waals surface area (Å²) in [5.41, 5.74) is 3.93. The maximum atomic E-state index is 12.3. The number of amides is 1. The monoisotopic (exact) mass is 278 g/mol. The van der Waals surface area contributed by atoms with Gasteiger partial charge in [0.05, 0.1) is 12.1 Å². The quantitative estimate of drug-likeness (QED) is 0.856. The first kappa shape index (κ1) is 15.0. The van der Waals surface area contributed by atoms with Crippen molar-refractivity contribution in [2.45, 2.75) is 25.6 Å². The Morgan fingerprint density at radius 3 is 2.47 bits per heavy atom. The van der Waals surface area contributed by atoms with E-state index in [0.717, 1.165) is 0 Å². The molecule has 0 saturated heterocycles. The smallest absolute Gasteiger partial charge is 0.419 e. The molecule has 1 unspecified atom stereocenters. The Balaban J connectivity index is 2.56. The summed E-state index contributed by atoms with van der Waals surface area (Å²) in [6.45, 7) is 1.92. The Morgan fingerprint density at radius 1 is 1.47 bits per heavy atom. The number of hydrogen-bond donors (Lipinski definition) is 2. The zero-order valence-electron chi connectivity index (χ0n) is 10.1. The SMILES string of the molecule is CCC(CNc1ncc(C(F)(F)F)cn1)OC(N)=O. The van der Waals surface area contributed by atoms with Gasteiger partial charge in [-0.05, 0) is 6.42 Å². The van der Waals surface area contributed by atoms with Crippen molar-refractivity contribution < 1.29 is 22.7 Å². The van der Waals surface area contributed by atoms with E-state index in [1.165, 1.54) is 0 Å². The second-order valence-corrected chi connectivity index (χ2v) is 3.64. The van der Waals surface area contributed by atoms with Gasteiger partial charge in [0.25, 0.3) is 0 Å². The van der Waals surface area contributed by atoms with E-state index < -0.39 is 23.9 Å². The number of primary amides is 1. The normalized spacial score (nSPS) is 12.8. The molecule has 106 valence electrons. The minimum Gasteiger partial charge on any atom is -0.445 e. The zero-order valence-corrected chi connectivity index (χ0v) is 10.1. The zero-order chi connectivity index (χ0) is 14.5. The highest BCUT2D eigenvalue weighted by Gasteiger charge is 2.31. The highest BCUT2D eigenvalue weighted by Crippen LogP contribution is 2.27. The Kier molecular flexibility index (Phi) is 4.90. The maximum absolute atomic E-state index is 12.3. The lowest BCUT2D eigenvalue weighted by Crippen LogP contribution is -2.28. The fourth-order valence-corrected chi connectivity index (χ4v) is 1.20. The molecule has 1 aromatic rings. The van der Waals surface area contributed by atoms with E-state index >= 15 is 0 Å². The van der Waals surface area contributed by atoms with E-state index in [9.17, 15) is 18.0 Å². The van der Waals surface area contributed by atoms with Crippen LogP contribution in [0.4, 0.5) is 23.9 Å². The number of rotatable bonds is 5. The third-order valence-corrected chi connectivity index (χ3v) is 2.21. The number of carbonyl (C=O) groups excluding carboxylic acids is 1. The standard InChI is InChI=1S/C10H13F3N4O2/c1-2-7(19-8(14)18)5-17-9-15-3-6(4-16-9)10(11,12)13/h3-4,7H,2,5H2,1H3,(H2,14,18)(H,15,16,17). The second-order valence-electron chi connectivity index (χ2n) is 3.64. The number of halogens is 3. The van der Waals surface area contributed by atoms with Crippen LogP contribution < -0.4 is 11.1 Å². The van der Waals surface area contributed by atoms with Crippen molar-refractivity contribution in [1.82, 2.24) is 9.97 Å². The molecule has 1 amide bonds. The van der Waals surface area contributed by atoms with Crippen molar-refractivity contribution in [1.29, 1.82) is 0 Å². The molecule has 0 bridgehead atoms. The van der Waals surface area contributed by atoms with E-state index in [4.69, 9.17) is 10.5 Å². The molecule has 0 aliphatic carbocycles. The molecule has 0 saturated carbocycles. The molecule has 0 radical (unpaired) electrons. The first-order chi connectivity index (χ1) is 8.82. The molecule has 0 aliphatic rings. The minimum atomic E-state index is -4.47. The van der Waals surface area contributed by atoms with Crippen molar-refractivity contribution in [3.63, 3.8) is 0 Å². The summed E-state index contributed by atoms with van der Waals surface area (Å²) >= 11 is 0. The average molecular weight is 278 g/mol. The van der Waals surface area contributed by atoms with Gasteiger partial charge in [-0.25, -0.2) is 14.8 Å². The van der Waals surface area contributed by atoms with Crippen LogP contribution in [-0.4, -0.2) is 28.7 Å². The lowest BCUT2D eigenvalue weighted by molar-refractivity contribution is -0.138. The number of hydrogen-bond acceptors (Lipinski definition) is 5. The first-order valence-electron chi connectivity index (χ1n) is 5.42. The van der Waals surface area contributed by atoms with Crippen LogP contribution in [0.5, 0.6) is 0 Å². The van der Waals surface area contributed by atoms with Crippen LogP contribution in [0.2, 0.25) is 0 Å². The predicted molar refractivity (Wildman–Crippen MR) is 60.3 cm³/mol. The van der Waals surface area contributed by atoms with Gasteiger partial charge in [0.2, 0.25) is 5.95 Å². The van der Waals surface area contributed by atoms with Crippen LogP contribution in [0.1, 0.15) is 18.9 Å². The molecule has 0 aromatic carbocycles. The number of alkyl halides is 3. The molecule has 1 atom stereocenters. The topological polar surface area (TPSA) is 90.1 Å². The lowest BCUT2D eigenvalue weighted by atomic mass is 10.3. The Labute approximate surface area is 107 Å². The van der Waals surface area contributed by atoms with Gasteiger partial charge in [0.15, 0.2) is 0 Å². The minimum absolute atomic E-state index is 0.0134. The fourth-order valence-electron chi connectivity index (χ4n) is 1.20. The number of nitrogens with zero attached hydrogens (tertiary/aromatic N) is 2. The van der Waals surface area contributed by atoms with E-state index in [0.29, 0.717) is 18.8 Å². The third kappa shape index (κ3) is 4.98. The molecule has 3 N–H and O–H groups in total. The molecule has 9 heteroatoms. The third-order valence-electron chi connectivity index (χ3n) is 2.21. The molecule has 0 fully saturated rings. The second kappa shape index (κ2) is 6.21.